The van der Waals surface area contributed by atoms with Gasteiger partial charge in [0.15, 0.2) is 0 Å². The third-order valence-corrected chi connectivity index (χ3v) is 14.4. The topological polar surface area (TPSA) is 88.5 Å². The van der Waals surface area contributed by atoms with Crippen molar-refractivity contribution in [1.82, 2.24) is 24.9 Å². The van der Waals surface area contributed by atoms with E-state index in [1.54, 1.807) is 25.2 Å². The highest BCUT2D eigenvalue weighted by atomic mass is 127. The Labute approximate surface area is 448 Å². The van der Waals surface area contributed by atoms with Crippen LogP contribution in [0.3, 0.4) is 0 Å². The lowest BCUT2D eigenvalue weighted by molar-refractivity contribution is -0.0687. The molecule has 0 aromatic carbocycles. The molecule has 5 aliphatic rings. The van der Waals surface area contributed by atoms with Crippen LogP contribution in [-0.2, 0) is 32.1 Å². The van der Waals surface area contributed by atoms with Gasteiger partial charge in [0, 0.05) is 96.1 Å². The molecule has 5 aromatic heterocycles. The molecule has 0 bridgehead atoms. The van der Waals surface area contributed by atoms with Gasteiger partial charge in [-0.25, -0.2) is 24.9 Å². The Bertz CT molecular complexity index is 2740. The molecule has 0 atom stereocenters. The van der Waals surface area contributed by atoms with E-state index in [-0.39, 0.29) is 17.1 Å². The minimum Gasteiger partial charge on any atom is -0.387 e. The summed E-state index contributed by atoms with van der Waals surface area (Å²) in [6.07, 6.45) is 10.7. The standard InChI is InChI=1S/C10H8ClF3N2.C9H8ClIN2.2C8H4Cl2IN.C8H5Cl2N/c1-15-7-4-8(11)16-6-3-2-5(9(6)7)10(12,13)14;1-12-7-4-8(10)13-6-3-2-5(11)9(6)7;2*9-4-3-7(10)12-6-2-1-5(11)8(4)6;9-6-4-8(10)11-7-3-1-2-5(6)7/h2,4H,3H2,1H3,(H,15,16);2,4H,3H2,1H3,(H,12,13);2*1,3H,2H2;1-2,4H,3H2. The van der Waals surface area contributed by atoms with E-state index in [2.05, 4.69) is 122 Å². The highest BCUT2D eigenvalue weighted by Gasteiger charge is 2.39. The zero-order chi connectivity index (χ0) is 46.6. The first-order chi connectivity index (χ1) is 30.3. The van der Waals surface area contributed by atoms with E-state index in [4.69, 9.17) is 92.8 Å². The lowest BCUT2D eigenvalue weighted by Gasteiger charge is -2.14. The van der Waals surface area contributed by atoms with E-state index >= 15 is 0 Å². The van der Waals surface area contributed by atoms with Crippen LogP contribution < -0.4 is 10.6 Å². The number of halogens is 14. The zero-order valence-corrected chi connectivity index (χ0v) is 45.4. The lowest BCUT2D eigenvalue weighted by atomic mass is 10.1. The Kier molecular flexibility index (Phi) is 18.3. The van der Waals surface area contributed by atoms with Gasteiger partial charge in [-0.3, -0.25) is 0 Å². The normalized spacial score (nSPS) is 14.2. The predicted molar refractivity (Wildman–Crippen MR) is 288 cm³/mol. The molecular formula is C43H29Cl8F3I3N7. The van der Waals surface area contributed by atoms with E-state index < -0.39 is 11.7 Å². The number of nitrogens with one attached hydrogen (secondary N) is 2. The SMILES string of the molecule is CNc1cc(Cl)nc2c1C(C(F)(F)F)=CC2.CNc1cc(Cl)nc2c1C(I)=CC2.Clc1cc(Cl)c2c(n1)CC=C2.Clc1cc(Cl)c2c(n1)CC=C2I.Clc1cc(Cl)c2c(n1)CC=C2I. The summed E-state index contributed by atoms with van der Waals surface area (Å²) in [6.45, 7) is 0. The molecule has 2 N–H and O–H groups in total. The molecule has 5 heterocycles. The molecule has 334 valence electrons. The fourth-order valence-corrected chi connectivity index (χ4v) is 11.7. The number of hydrogen-bond acceptors (Lipinski definition) is 7. The van der Waals surface area contributed by atoms with Crippen molar-refractivity contribution in [2.75, 3.05) is 24.7 Å². The van der Waals surface area contributed by atoms with Crippen molar-refractivity contribution < 1.29 is 13.2 Å². The zero-order valence-electron chi connectivity index (χ0n) is 32.9. The fourth-order valence-electron chi connectivity index (χ4n) is 6.83. The summed E-state index contributed by atoms with van der Waals surface area (Å²) >= 11 is 53.5. The number of aromatic nitrogens is 5. The van der Waals surface area contributed by atoms with Crippen LogP contribution in [0.2, 0.25) is 40.8 Å². The molecule has 7 nitrogen and oxygen atoms in total. The fraction of sp³-hybridized carbons (Fsp3) is 0.186. The molecule has 0 unspecified atom stereocenters. The van der Waals surface area contributed by atoms with E-state index in [1.165, 1.54) is 15.2 Å². The Hall–Kier alpha value is -1.65. The third-order valence-electron chi connectivity index (χ3n) is 9.56. The second-order valence-corrected chi connectivity index (χ2v) is 20.3. The molecule has 0 amide bonds. The van der Waals surface area contributed by atoms with Crippen molar-refractivity contribution in [2.24, 2.45) is 0 Å². The maximum absolute atomic E-state index is 12.7. The Balaban J connectivity index is 0.000000134. The summed E-state index contributed by atoms with van der Waals surface area (Å²) in [6, 6.07) is 8.28. The molecule has 0 aliphatic heterocycles. The second kappa shape index (κ2) is 22.6. The van der Waals surface area contributed by atoms with Gasteiger partial charge in [-0.15, -0.1) is 0 Å². The molecule has 64 heavy (non-hydrogen) atoms. The number of fused-ring (bicyclic) bond motifs is 5. The largest absolute Gasteiger partial charge is 0.416 e. The first-order valence-corrected chi connectivity index (χ1v) is 24.9. The highest BCUT2D eigenvalue weighted by Crippen LogP contribution is 2.44. The van der Waals surface area contributed by atoms with E-state index in [0.29, 0.717) is 47.1 Å². The van der Waals surface area contributed by atoms with Crippen LogP contribution in [0.1, 0.15) is 56.3 Å². The number of pyridine rings is 5. The summed E-state index contributed by atoms with van der Waals surface area (Å²) < 4.78 is 41.7. The van der Waals surface area contributed by atoms with Crippen LogP contribution in [0.15, 0.2) is 60.7 Å². The van der Waals surface area contributed by atoms with Gasteiger partial charge in [0.2, 0.25) is 0 Å². The number of allylic oxidation sites excluding steroid dienone is 6. The Morgan fingerprint density at radius 1 is 0.469 bits per heavy atom. The van der Waals surface area contributed by atoms with Gasteiger partial charge < -0.3 is 10.6 Å². The average molecular weight is 1370 g/mol. The molecule has 0 saturated carbocycles. The smallest absolute Gasteiger partial charge is 0.387 e. The van der Waals surface area contributed by atoms with Crippen LogP contribution in [0, 0.1) is 0 Å². The second-order valence-electron chi connectivity index (χ2n) is 13.6. The van der Waals surface area contributed by atoms with Gasteiger partial charge in [-0.1, -0.05) is 129 Å². The van der Waals surface area contributed by atoms with Gasteiger partial charge in [0.25, 0.3) is 0 Å². The van der Waals surface area contributed by atoms with Crippen molar-refractivity contribution in [3.8, 4) is 0 Å². The summed E-state index contributed by atoms with van der Waals surface area (Å²) in [4.78, 5) is 20.7. The lowest BCUT2D eigenvalue weighted by Crippen LogP contribution is -2.11. The molecular weight excluding hydrogens is 1340 g/mol. The molecule has 5 aromatic rings. The number of nitrogens with zero attached hydrogens (tertiary/aromatic N) is 5. The maximum atomic E-state index is 12.7. The monoisotopic (exact) mass is 1360 g/mol. The minimum atomic E-state index is -4.35. The van der Waals surface area contributed by atoms with E-state index in [1.807, 2.05) is 25.3 Å². The number of hydrogen-bond donors (Lipinski definition) is 2. The summed E-state index contributed by atoms with van der Waals surface area (Å²) in [5.41, 5.74) is 9.56. The van der Waals surface area contributed by atoms with Gasteiger partial charge in [0.05, 0.1) is 49.1 Å². The van der Waals surface area contributed by atoms with Crippen molar-refractivity contribution >= 4 is 194 Å². The molecule has 21 heteroatoms. The number of rotatable bonds is 2. The molecule has 0 saturated heterocycles. The van der Waals surface area contributed by atoms with Gasteiger partial charge in [-0.05, 0) is 98.1 Å². The Morgan fingerprint density at radius 3 is 1.28 bits per heavy atom. The van der Waals surface area contributed by atoms with Crippen molar-refractivity contribution in [3.63, 3.8) is 0 Å². The van der Waals surface area contributed by atoms with Crippen LogP contribution in [0.25, 0.3) is 22.4 Å². The molecule has 10 rings (SSSR count). The molecule has 0 radical (unpaired) electrons. The first-order valence-electron chi connectivity index (χ1n) is 18.6. The maximum Gasteiger partial charge on any atom is 0.416 e. The van der Waals surface area contributed by atoms with Crippen LogP contribution >= 0.6 is 161 Å². The average Bonchev–Trinajstić information content (AvgIpc) is 4.07. The predicted octanol–water partition coefficient (Wildman–Crippen LogP) is 16.8. The quantitative estimate of drug-likeness (QED) is 0.134. The van der Waals surface area contributed by atoms with Crippen molar-refractivity contribution in [2.45, 2.75) is 38.3 Å². The number of anilines is 2. The van der Waals surface area contributed by atoms with Crippen molar-refractivity contribution in [3.05, 3.63) is 158 Å². The first kappa shape index (κ1) is 51.7. The Morgan fingerprint density at radius 2 is 0.828 bits per heavy atom. The highest BCUT2D eigenvalue weighted by molar-refractivity contribution is 14.1. The van der Waals surface area contributed by atoms with Gasteiger partial charge in [-0.2, -0.15) is 13.2 Å². The molecule has 0 spiro atoms. The minimum absolute atomic E-state index is 0.111. The molecule has 0 fully saturated rings. The van der Waals surface area contributed by atoms with Crippen LogP contribution in [0.5, 0.6) is 0 Å². The molecule has 5 aliphatic carbocycles. The van der Waals surface area contributed by atoms with Crippen molar-refractivity contribution in [1.29, 1.82) is 0 Å². The van der Waals surface area contributed by atoms with E-state index in [9.17, 15) is 13.2 Å². The van der Waals surface area contributed by atoms with Gasteiger partial charge in [0.1, 0.15) is 25.8 Å². The summed E-state index contributed by atoms with van der Waals surface area (Å²) in [7, 11) is 3.45. The van der Waals surface area contributed by atoms with Crippen LogP contribution in [-0.4, -0.2) is 45.2 Å². The summed E-state index contributed by atoms with van der Waals surface area (Å²) in [5.74, 6) is 0. The van der Waals surface area contributed by atoms with Crippen LogP contribution in [0.4, 0.5) is 24.5 Å². The number of alkyl halides is 3. The third kappa shape index (κ3) is 12.5. The summed E-state index contributed by atoms with van der Waals surface area (Å²) in [5, 5.41) is 10.1. The van der Waals surface area contributed by atoms with Gasteiger partial charge >= 0.3 is 6.18 Å². The van der Waals surface area contributed by atoms with E-state index in [0.717, 1.165) is 84.1 Å².